The summed E-state index contributed by atoms with van der Waals surface area (Å²) in [6.07, 6.45) is 1.76. The lowest BCUT2D eigenvalue weighted by Crippen LogP contribution is -2.05. The third kappa shape index (κ3) is 3.17. The second-order valence-electron chi connectivity index (χ2n) is 4.47. The van der Waals surface area contributed by atoms with Gasteiger partial charge in [-0.1, -0.05) is 0 Å². The molecule has 1 aromatic heterocycles. The van der Waals surface area contributed by atoms with E-state index in [4.69, 9.17) is 9.47 Å². The highest BCUT2D eigenvalue weighted by Gasteiger charge is 2.08. The van der Waals surface area contributed by atoms with Gasteiger partial charge in [-0.05, 0) is 31.5 Å². The minimum Gasteiger partial charge on any atom is -0.493 e. The van der Waals surface area contributed by atoms with Crippen LogP contribution in [-0.2, 0) is 6.54 Å². The van der Waals surface area contributed by atoms with Crippen molar-refractivity contribution in [2.75, 3.05) is 19.5 Å². The molecule has 0 saturated carbocycles. The summed E-state index contributed by atoms with van der Waals surface area (Å²) in [6, 6.07) is 5.78. The van der Waals surface area contributed by atoms with E-state index in [1.165, 1.54) is 0 Å². The van der Waals surface area contributed by atoms with E-state index in [0.717, 1.165) is 28.5 Å². The van der Waals surface area contributed by atoms with E-state index in [-0.39, 0.29) is 0 Å². The summed E-state index contributed by atoms with van der Waals surface area (Å²) in [5.41, 5.74) is 3.04. The molecule has 2 rings (SSSR count). The molecule has 0 spiro atoms. The largest absolute Gasteiger partial charge is 0.493 e. The van der Waals surface area contributed by atoms with Crippen molar-refractivity contribution in [1.29, 1.82) is 0 Å². The Morgan fingerprint density at radius 1 is 1.10 bits per heavy atom. The van der Waals surface area contributed by atoms with Gasteiger partial charge in [-0.15, -0.1) is 0 Å². The zero-order valence-corrected chi connectivity index (χ0v) is 12.2. The number of anilines is 1. The fourth-order valence-electron chi connectivity index (χ4n) is 1.96. The van der Waals surface area contributed by atoms with Gasteiger partial charge in [0.25, 0.3) is 0 Å². The number of aromatic nitrogens is 2. The van der Waals surface area contributed by atoms with Gasteiger partial charge in [0.2, 0.25) is 0 Å². The van der Waals surface area contributed by atoms with Crippen molar-refractivity contribution in [3.8, 4) is 11.5 Å². The van der Waals surface area contributed by atoms with E-state index < -0.39 is 0 Å². The molecule has 2 aromatic rings. The molecule has 1 aromatic carbocycles. The number of nitrogens with zero attached hydrogens (tertiary/aromatic N) is 2. The Balaban J connectivity index is 2.17. The Bertz CT molecular complexity index is 600. The van der Waals surface area contributed by atoms with Crippen molar-refractivity contribution < 1.29 is 9.47 Å². The first-order valence-corrected chi connectivity index (χ1v) is 6.39. The molecule has 1 N–H and O–H groups in total. The van der Waals surface area contributed by atoms with Gasteiger partial charge in [0.05, 0.1) is 26.5 Å². The molecule has 106 valence electrons. The zero-order chi connectivity index (χ0) is 14.5. The van der Waals surface area contributed by atoms with E-state index in [2.05, 4.69) is 15.3 Å². The monoisotopic (exact) mass is 273 g/mol. The quantitative estimate of drug-likeness (QED) is 0.907. The number of aryl methyl sites for hydroxylation is 2. The maximum absolute atomic E-state index is 5.31. The van der Waals surface area contributed by atoms with Gasteiger partial charge >= 0.3 is 0 Å². The summed E-state index contributed by atoms with van der Waals surface area (Å²) >= 11 is 0. The molecule has 0 aliphatic carbocycles. The second-order valence-corrected chi connectivity index (χ2v) is 4.47. The SMILES string of the molecule is COc1cc(C)c(NCc2ccnc(C)n2)cc1OC. The third-order valence-electron chi connectivity index (χ3n) is 3.02. The van der Waals surface area contributed by atoms with Crippen molar-refractivity contribution in [3.63, 3.8) is 0 Å². The molecule has 0 aliphatic rings. The zero-order valence-electron chi connectivity index (χ0n) is 12.2. The van der Waals surface area contributed by atoms with E-state index in [9.17, 15) is 0 Å². The molecule has 0 fully saturated rings. The van der Waals surface area contributed by atoms with Gasteiger partial charge in [-0.25, -0.2) is 9.97 Å². The summed E-state index contributed by atoms with van der Waals surface area (Å²) in [4.78, 5) is 8.45. The molecule has 0 atom stereocenters. The average molecular weight is 273 g/mol. The Kier molecular flexibility index (Phi) is 4.40. The van der Waals surface area contributed by atoms with E-state index in [1.54, 1.807) is 20.4 Å². The van der Waals surface area contributed by atoms with Crippen LogP contribution in [0, 0.1) is 13.8 Å². The van der Waals surface area contributed by atoms with Gasteiger partial charge in [0.15, 0.2) is 11.5 Å². The molecular formula is C15H19N3O2. The Morgan fingerprint density at radius 2 is 1.80 bits per heavy atom. The van der Waals surface area contributed by atoms with Crippen LogP contribution >= 0.6 is 0 Å². The van der Waals surface area contributed by atoms with Crippen molar-refractivity contribution in [2.24, 2.45) is 0 Å². The van der Waals surface area contributed by atoms with Crippen LogP contribution in [0.15, 0.2) is 24.4 Å². The Hall–Kier alpha value is -2.30. The highest BCUT2D eigenvalue weighted by atomic mass is 16.5. The van der Waals surface area contributed by atoms with Gasteiger partial charge in [-0.2, -0.15) is 0 Å². The van der Waals surface area contributed by atoms with Crippen LogP contribution in [-0.4, -0.2) is 24.2 Å². The van der Waals surface area contributed by atoms with Gasteiger partial charge in [0, 0.05) is 18.0 Å². The molecular weight excluding hydrogens is 254 g/mol. The number of hydrogen-bond donors (Lipinski definition) is 1. The summed E-state index contributed by atoms with van der Waals surface area (Å²) in [5.74, 6) is 2.21. The molecule has 0 aliphatic heterocycles. The fraction of sp³-hybridized carbons (Fsp3) is 0.333. The summed E-state index contributed by atoms with van der Waals surface area (Å²) in [5, 5.41) is 3.36. The molecule has 0 bridgehead atoms. The summed E-state index contributed by atoms with van der Waals surface area (Å²) in [6.45, 7) is 4.54. The van der Waals surface area contributed by atoms with Crippen molar-refractivity contribution >= 4 is 5.69 Å². The fourth-order valence-corrected chi connectivity index (χ4v) is 1.96. The number of benzene rings is 1. The average Bonchev–Trinajstić information content (AvgIpc) is 2.45. The lowest BCUT2D eigenvalue weighted by atomic mass is 10.1. The van der Waals surface area contributed by atoms with E-state index in [1.807, 2.05) is 32.0 Å². The number of ether oxygens (including phenoxy) is 2. The van der Waals surface area contributed by atoms with Gasteiger partial charge in [-0.3, -0.25) is 0 Å². The highest BCUT2D eigenvalue weighted by molar-refractivity contribution is 5.60. The van der Waals surface area contributed by atoms with E-state index >= 15 is 0 Å². The van der Waals surface area contributed by atoms with Crippen LogP contribution in [0.4, 0.5) is 5.69 Å². The van der Waals surface area contributed by atoms with Crippen LogP contribution < -0.4 is 14.8 Å². The summed E-state index contributed by atoms with van der Waals surface area (Å²) < 4.78 is 10.6. The number of nitrogens with one attached hydrogen (secondary N) is 1. The molecule has 1 heterocycles. The maximum atomic E-state index is 5.31. The second kappa shape index (κ2) is 6.23. The van der Waals surface area contributed by atoms with Crippen molar-refractivity contribution in [3.05, 3.63) is 41.5 Å². The lowest BCUT2D eigenvalue weighted by Gasteiger charge is -2.14. The van der Waals surface area contributed by atoms with Crippen LogP contribution in [0.25, 0.3) is 0 Å². The molecule has 5 nitrogen and oxygen atoms in total. The standard InChI is InChI=1S/C15H19N3O2/c1-10-7-14(19-3)15(20-4)8-13(10)17-9-12-5-6-16-11(2)18-12/h5-8,17H,9H2,1-4H3. The number of hydrogen-bond acceptors (Lipinski definition) is 5. The van der Waals surface area contributed by atoms with E-state index in [0.29, 0.717) is 12.3 Å². The molecule has 0 unspecified atom stereocenters. The first-order valence-electron chi connectivity index (χ1n) is 6.39. The number of methoxy groups -OCH3 is 2. The smallest absolute Gasteiger partial charge is 0.162 e. The highest BCUT2D eigenvalue weighted by Crippen LogP contribution is 2.32. The summed E-state index contributed by atoms with van der Waals surface area (Å²) in [7, 11) is 3.26. The normalized spacial score (nSPS) is 10.2. The third-order valence-corrected chi connectivity index (χ3v) is 3.02. The Labute approximate surface area is 119 Å². The predicted octanol–water partition coefficient (Wildman–Crippen LogP) is 2.72. The van der Waals surface area contributed by atoms with Crippen molar-refractivity contribution in [2.45, 2.75) is 20.4 Å². The van der Waals surface area contributed by atoms with Gasteiger partial charge in [0.1, 0.15) is 5.82 Å². The first kappa shape index (κ1) is 14.1. The molecule has 5 heteroatoms. The molecule has 0 radical (unpaired) electrons. The predicted molar refractivity (Wildman–Crippen MR) is 78.4 cm³/mol. The van der Waals surface area contributed by atoms with Crippen LogP contribution in [0.3, 0.4) is 0 Å². The van der Waals surface area contributed by atoms with Crippen LogP contribution in [0.5, 0.6) is 11.5 Å². The van der Waals surface area contributed by atoms with Gasteiger partial charge < -0.3 is 14.8 Å². The van der Waals surface area contributed by atoms with Crippen LogP contribution in [0.2, 0.25) is 0 Å². The maximum Gasteiger partial charge on any atom is 0.162 e. The van der Waals surface area contributed by atoms with Crippen molar-refractivity contribution in [1.82, 2.24) is 9.97 Å². The molecule has 0 saturated heterocycles. The minimum atomic E-state index is 0.639. The number of rotatable bonds is 5. The molecule has 0 amide bonds. The van der Waals surface area contributed by atoms with Crippen LogP contribution in [0.1, 0.15) is 17.1 Å². The first-order chi connectivity index (χ1) is 9.63. The molecule has 20 heavy (non-hydrogen) atoms. The Morgan fingerprint density at radius 3 is 2.45 bits per heavy atom. The minimum absolute atomic E-state index is 0.639. The lowest BCUT2D eigenvalue weighted by molar-refractivity contribution is 0.355. The topological polar surface area (TPSA) is 56.3 Å².